The van der Waals surface area contributed by atoms with Gasteiger partial charge in [-0.3, -0.25) is 4.79 Å². The molecule has 2 aromatic rings. The molecule has 1 fully saturated rings. The highest BCUT2D eigenvalue weighted by Gasteiger charge is 2.22. The van der Waals surface area contributed by atoms with Gasteiger partial charge in [0.2, 0.25) is 0 Å². The Labute approximate surface area is 118 Å². The van der Waals surface area contributed by atoms with Gasteiger partial charge in [0.05, 0.1) is 5.52 Å². The minimum atomic E-state index is 0.00980. The zero-order valence-corrected chi connectivity index (χ0v) is 11.8. The Morgan fingerprint density at radius 2 is 2.00 bits per heavy atom. The van der Waals surface area contributed by atoms with Gasteiger partial charge >= 0.3 is 0 Å². The van der Waals surface area contributed by atoms with E-state index in [1.54, 1.807) is 17.7 Å². The maximum Gasteiger partial charge on any atom is 0.252 e. The van der Waals surface area contributed by atoms with Crippen LogP contribution < -0.4 is 16.6 Å². The summed E-state index contributed by atoms with van der Waals surface area (Å²) in [6.45, 7) is 0. The molecular weight excluding hydrogens is 250 g/mol. The quantitative estimate of drug-likeness (QED) is 0.880. The number of aryl methyl sites for hydroxylation is 1. The molecule has 1 heterocycles. The van der Waals surface area contributed by atoms with Crippen molar-refractivity contribution in [3.05, 3.63) is 40.7 Å². The van der Waals surface area contributed by atoms with Gasteiger partial charge in [0.1, 0.15) is 0 Å². The number of rotatable bonds is 2. The summed E-state index contributed by atoms with van der Waals surface area (Å²) in [5.74, 6) is 0. The van der Waals surface area contributed by atoms with E-state index in [0.29, 0.717) is 0 Å². The first-order valence-corrected chi connectivity index (χ1v) is 7.28. The van der Waals surface area contributed by atoms with E-state index in [0.717, 1.165) is 29.4 Å². The first-order chi connectivity index (χ1) is 9.66. The van der Waals surface area contributed by atoms with Crippen LogP contribution in [0.2, 0.25) is 0 Å². The van der Waals surface area contributed by atoms with E-state index in [1.807, 2.05) is 24.3 Å². The molecule has 0 amide bonds. The van der Waals surface area contributed by atoms with E-state index >= 15 is 0 Å². The number of aromatic nitrogens is 1. The molecule has 3 rings (SSSR count). The van der Waals surface area contributed by atoms with Crippen LogP contribution in [0.5, 0.6) is 0 Å². The molecule has 0 bridgehead atoms. The van der Waals surface area contributed by atoms with Crippen LogP contribution in [0.1, 0.15) is 25.7 Å². The predicted molar refractivity (Wildman–Crippen MR) is 83.0 cm³/mol. The van der Waals surface area contributed by atoms with Crippen LogP contribution in [0.4, 0.5) is 5.69 Å². The van der Waals surface area contributed by atoms with E-state index in [-0.39, 0.29) is 17.6 Å². The Hall–Kier alpha value is -1.81. The molecule has 1 aromatic heterocycles. The smallest absolute Gasteiger partial charge is 0.252 e. The molecular formula is C16H21N3O. The highest BCUT2D eigenvalue weighted by Crippen LogP contribution is 2.25. The first-order valence-electron chi connectivity index (χ1n) is 7.28. The molecule has 1 aliphatic rings. The zero-order chi connectivity index (χ0) is 14.1. The minimum Gasteiger partial charge on any atom is -0.380 e. The zero-order valence-electron chi connectivity index (χ0n) is 11.8. The lowest BCUT2D eigenvalue weighted by Crippen LogP contribution is -2.42. The molecule has 20 heavy (non-hydrogen) atoms. The summed E-state index contributed by atoms with van der Waals surface area (Å²) in [7, 11) is 1.81. The highest BCUT2D eigenvalue weighted by atomic mass is 16.1. The maximum absolute atomic E-state index is 12.1. The molecule has 4 nitrogen and oxygen atoms in total. The lowest BCUT2D eigenvalue weighted by molar-refractivity contribution is 0.404. The Balaban J connectivity index is 2.03. The molecule has 0 aliphatic heterocycles. The van der Waals surface area contributed by atoms with Crippen molar-refractivity contribution in [2.24, 2.45) is 12.8 Å². The van der Waals surface area contributed by atoms with Crippen molar-refractivity contribution >= 4 is 16.6 Å². The van der Waals surface area contributed by atoms with Crippen LogP contribution in [-0.2, 0) is 7.05 Å². The summed E-state index contributed by atoms with van der Waals surface area (Å²) in [6, 6.07) is 10.1. The largest absolute Gasteiger partial charge is 0.380 e. The van der Waals surface area contributed by atoms with Crippen molar-refractivity contribution in [2.75, 3.05) is 5.32 Å². The summed E-state index contributed by atoms with van der Waals surface area (Å²) >= 11 is 0. The number of pyridine rings is 1. The molecule has 0 spiro atoms. The van der Waals surface area contributed by atoms with E-state index in [2.05, 4.69) is 5.32 Å². The Bertz CT molecular complexity index is 677. The molecule has 1 saturated carbocycles. The van der Waals surface area contributed by atoms with Crippen molar-refractivity contribution in [1.82, 2.24) is 4.57 Å². The standard InChI is InChI=1S/C16H21N3O/c1-19-15-9-5-2-6-11(15)14(10-16(19)20)18-13-8-4-3-7-12(13)17/h2,5-6,9-10,12-13,18H,3-4,7-8,17H2,1H3. The molecule has 1 aromatic carbocycles. The number of hydrogen-bond acceptors (Lipinski definition) is 3. The summed E-state index contributed by atoms with van der Waals surface area (Å²) in [5, 5.41) is 4.58. The normalized spacial score (nSPS) is 22.9. The van der Waals surface area contributed by atoms with Gasteiger partial charge < -0.3 is 15.6 Å². The lowest BCUT2D eigenvalue weighted by Gasteiger charge is -2.30. The van der Waals surface area contributed by atoms with Crippen LogP contribution in [0, 0.1) is 0 Å². The molecule has 3 N–H and O–H groups in total. The average Bonchev–Trinajstić information content (AvgIpc) is 2.47. The molecule has 2 atom stereocenters. The van der Waals surface area contributed by atoms with Gasteiger partial charge in [-0.15, -0.1) is 0 Å². The van der Waals surface area contributed by atoms with Gasteiger partial charge in [-0.2, -0.15) is 0 Å². The van der Waals surface area contributed by atoms with Crippen LogP contribution >= 0.6 is 0 Å². The van der Waals surface area contributed by atoms with Crippen molar-refractivity contribution in [1.29, 1.82) is 0 Å². The summed E-state index contributed by atoms with van der Waals surface area (Å²) in [5.41, 5.74) is 8.06. The predicted octanol–water partition coefficient (Wildman–Crippen LogP) is 2.22. The van der Waals surface area contributed by atoms with Gasteiger partial charge in [-0.05, 0) is 18.9 Å². The average molecular weight is 271 g/mol. The topological polar surface area (TPSA) is 60.0 Å². The second kappa shape index (κ2) is 5.29. The lowest BCUT2D eigenvalue weighted by atomic mass is 9.91. The number of nitrogens with two attached hydrogens (primary N) is 1. The van der Waals surface area contributed by atoms with E-state index in [1.165, 1.54) is 12.8 Å². The molecule has 4 heteroatoms. The number of nitrogens with zero attached hydrogens (tertiary/aromatic N) is 1. The van der Waals surface area contributed by atoms with Crippen LogP contribution in [0.3, 0.4) is 0 Å². The second-order valence-corrected chi connectivity index (χ2v) is 5.67. The third kappa shape index (κ3) is 2.31. The van der Waals surface area contributed by atoms with Crippen LogP contribution in [0.15, 0.2) is 35.1 Å². The number of fused-ring (bicyclic) bond motifs is 1. The highest BCUT2D eigenvalue weighted by molar-refractivity contribution is 5.91. The first kappa shape index (κ1) is 13.2. The fourth-order valence-corrected chi connectivity index (χ4v) is 3.07. The maximum atomic E-state index is 12.1. The Morgan fingerprint density at radius 3 is 2.80 bits per heavy atom. The fourth-order valence-electron chi connectivity index (χ4n) is 3.07. The van der Waals surface area contributed by atoms with Crippen LogP contribution in [-0.4, -0.2) is 16.7 Å². The molecule has 0 radical (unpaired) electrons. The number of para-hydroxylation sites is 1. The van der Waals surface area contributed by atoms with Crippen LogP contribution in [0.25, 0.3) is 10.9 Å². The van der Waals surface area contributed by atoms with Crippen molar-refractivity contribution in [3.63, 3.8) is 0 Å². The number of nitrogens with one attached hydrogen (secondary N) is 1. The number of benzene rings is 1. The van der Waals surface area contributed by atoms with Gasteiger partial charge in [0.25, 0.3) is 5.56 Å². The second-order valence-electron chi connectivity index (χ2n) is 5.67. The van der Waals surface area contributed by atoms with Gasteiger partial charge in [-0.25, -0.2) is 0 Å². The fraction of sp³-hybridized carbons (Fsp3) is 0.438. The van der Waals surface area contributed by atoms with Gasteiger partial charge in [0, 0.05) is 36.3 Å². The Morgan fingerprint density at radius 1 is 1.25 bits per heavy atom. The molecule has 0 saturated heterocycles. The number of anilines is 1. The third-order valence-electron chi connectivity index (χ3n) is 4.31. The summed E-state index contributed by atoms with van der Waals surface area (Å²) in [6.07, 6.45) is 4.54. The van der Waals surface area contributed by atoms with Crippen molar-refractivity contribution in [3.8, 4) is 0 Å². The van der Waals surface area contributed by atoms with Crippen molar-refractivity contribution < 1.29 is 0 Å². The van der Waals surface area contributed by atoms with Gasteiger partial charge in [-0.1, -0.05) is 31.0 Å². The summed E-state index contributed by atoms with van der Waals surface area (Å²) in [4.78, 5) is 12.1. The monoisotopic (exact) mass is 271 g/mol. The van der Waals surface area contributed by atoms with E-state index < -0.39 is 0 Å². The molecule has 106 valence electrons. The van der Waals surface area contributed by atoms with E-state index in [9.17, 15) is 4.79 Å². The van der Waals surface area contributed by atoms with Crippen molar-refractivity contribution in [2.45, 2.75) is 37.8 Å². The molecule has 2 unspecified atom stereocenters. The number of hydrogen-bond donors (Lipinski definition) is 2. The molecule has 1 aliphatic carbocycles. The van der Waals surface area contributed by atoms with Gasteiger partial charge in [0.15, 0.2) is 0 Å². The SMILES string of the molecule is Cn1c(=O)cc(NC2CCCCC2N)c2ccccc21. The van der Waals surface area contributed by atoms with E-state index in [4.69, 9.17) is 5.73 Å². The summed E-state index contributed by atoms with van der Waals surface area (Å²) < 4.78 is 1.68. The minimum absolute atomic E-state index is 0.00980. The Kier molecular flexibility index (Phi) is 3.49. The third-order valence-corrected chi connectivity index (χ3v) is 4.31.